The van der Waals surface area contributed by atoms with E-state index in [-0.39, 0.29) is 42.8 Å². The molecule has 4 rings (SSSR count). The summed E-state index contributed by atoms with van der Waals surface area (Å²) in [4.78, 5) is 40.2. The summed E-state index contributed by atoms with van der Waals surface area (Å²) in [5.74, 6) is -2.14. The van der Waals surface area contributed by atoms with Crippen LogP contribution in [0.5, 0.6) is 0 Å². The Hall–Kier alpha value is -2.73. The minimum Gasteiger partial charge on any atom is -0.378 e. The highest BCUT2D eigenvalue weighted by atomic mass is 35.5. The molecular formula is C25H31ClN4O6S. The van der Waals surface area contributed by atoms with E-state index in [9.17, 15) is 22.8 Å². The van der Waals surface area contributed by atoms with Gasteiger partial charge in [0.1, 0.15) is 5.54 Å². The molecule has 10 nitrogen and oxygen atoms in total. The lowest BCUT2D eigenvalue weighted by Gasteiger charge is -2.43. The number of nitrogens with one attached hydrogen (secondary N) is 2. The summed E-state index contributed by atoms with van der Waals surface area (Å²) in [7, 11) is -4.29. The first-order chi connectivity index (χ1) is 17.6. The number of ether oxygens (including phenoxy) is 1. The molecule has 3 amide bonds. The average Bonchev–Trinajstić information content (AvgIpc) is 3.26. The molecule has 0 spiro atoms. The van der Waals surface area contributed by atoms with Crippen LogP contribution in [0.1, 0.15) is 20.3 Å². The van der Waals surface area contributed by atoms with Crippen LogP contribution >= 0.6 is 11.6 Å². The smallest absolute Gasteiger partial charge is 0.244 e. The van der Waals surface area contributed by atoms with Crippen LogP contribution in [0.15, 0.2) is 41.3 Å². The van der Waals surface area contributed by atoms with Crippen LogP contribution in [-0.2, 0) is 29.1 Å². The second-order valence-electron chi connectivity index (χ2n) is 9.30. The molecule has 2 aromatic carbocycles. The molecule has 0 aliphatic carbocycles. The fourth-order valence-electron chi connectivity index (χ4n) is 5.11. The minimum atomic E-state index is -4.29. The molecule has 0 unspecified atom stereocenters. The number of fused-ring (bicyclic) bond motifs is 1. The van der Waals surface area contributed by atoms with Gasteiger partial charge in [-0.3, -0.25) is 14.4 Å². The van der Waals surface area contributed by atoms with Crippen molar-refractivity contribution in [2.75, 3.05) is 45.9 Å². The highest BCUT2D eigenvalue weighted by Crippen LogP contribution is 2.38. The van der Waals surface area contributed by atoms with Crippen molar-refractivity contribution >= 4 is 50.1 Å². The van der Waals surface area contributed by atoms with Crippen LogP contribution in [0, 0.1) is 5.92 Å². The summed E-state index contributed by atoms with van der Waals surface area (Å²) in [5.41, 5.74) is -1.67. The third kappa shape index (κ3) is 5.31. The zero-order valence-corrected chi connectivity index (χ0v) is 22.4. The number of carbonyl (C=O) groups excluding carboxylic acids is 3. The first-order valence-corrected chi connectivity index (χ1v) is 14.0. The highest BCUT2D eigenvalue weighted by Gasteiger charge is 2.58. The predicted octanol–water partition coefficient (Wildman–Crippen LogP) is 1.37. The molecule has 0 saturated carbocycles. The van der Waals surface area contributed by atoms with Crippen molar-refractivity contribution in [3.8, 4) is 0 Å². The second kappa shape index (κ2) is 10.9. The Kier molecular flexibility index (Phi) is 8.08. The number of hydrogen-bond acceptors (Lipinski definition) is 6. The van der Waals surface area contributed by atoms with E-state index in [1.54, 1.807) is 36.1 Å². The second-order valence-corrected chi connectivity index (χ2v) is 11.6. The highest BCUT2D eigenvalue weighted by molar-refractivity contribution is 7.89. The summed E-state index contributed by atoms with van der Waals surface area (Å²) >= 11 is 6.08. The van der Waals surface area contributed by atoms with Crippen LogP contribution in [0.4, 0.5) is 0 Å². The number of rotatable bonds is 8. The lowest BCUT2D eigenvalue weighted by atomic mass is 9.82. The van der Waals surface area contributed by atoms with Crippen molar-refractivity contribution < 1.29 is 27.5 Å². The third-order valence-corrected chi connectivity index (χ3v) is 9.26. The number of sulfonamides is 1. The van der Waals surface area contributed by atoms with E-state index in [2.05, 4.69) is 10.6 Å². The van der Waals surface area contributed by atoms with E-state index in [4.69, 9.17) is 16.3 Å². The Labute approximate surface area is 221 Å². The molecule has 2 heterocycles. The minimum absolute atomic E-state index is 0.0183. The molecule has 2 atom stereocenters. The van der Waals surface area contributed by atoms with Gasteiger partial charge in [-0.15, -0.1) is 0 Å². The van der Waals surface area contributed by atoms with Gasteiger partial charge in [-0.25, -0.2) is 8.42 Å². The summed E-state index contributed by atoms with van der Waals surface area (Å²) < 4.78 is 34.9. The summed E-state index contributed by atoms with van der Waals surface area (Å²) in [6.45, 7) is 4.44. The molecule has 0 aromatic heterocycles. The molecule has 2 N–H and O–H groups in total. The van der Waals surface area contributed by atoms with E-state index < -0.39 is 27.4 Å². The van der Waals surface area contributed by atoms with Crippen LogP contribution in [-0.4, -0.2) is 86.8 Å². The zero-order valence-electron chi connectivity index (χ0n) is 20.8. The third-order valence-electron chi connectivity index (χ3n) is 7.09. The van der Waals surface area contributed by atoms with E-state index in [1.165, 1.54) is 19.1 Å². The first-order valence-electron chi connectivity index (χ1n) is 12.2. The number of carbonyl (C=O) groups is 3. The van der Waals surface area contributed by atoms with Crippen LogP contribution in [0.3, 0.4) is 0 Å². The normalized spacial score (nSPS) is 21.2. The SMILES string of the molecule is CC(=O)NCCN([C@]1([C@H](C)C(=O)N2CCOCC2)CCNC1=O)S(=O)(=O)c1ccc2cc(Cl)ccc2c1. The van der Waals surface area contributed by atoms with Gasteiger partial charge in [0, 0.05) is 44.7 Å². The zero-order chi connectivity index (χ0) is 26.8. The monoisotopic (exact) mass is 550 g/mol. The number of halogens is 1. The van der Waals surface area contributed by atoms with Gasteiger partial charge in [0.05, 0.1) is 24.0 Å². The van der Waals surface area contributed by atoms with Crippen LogP contribution < -0.4 is 10.6 Å². The van der Waals surface area contributed by atoms with E-state index in [0.29, 0.717) is 36.7 Å². The van der Waals surface area contributed by atoms with Crippen molar-refractivity contribution in [3.05, 3.63) is 41.4 Å². The molecule has 2 aromatic rings. The lowest BCUT2D eigenvalue weighted by Crippen LogP contribution is -2.64. The molecule has 2 saturated heterocycles. The maximum absolute atomic E-state index is 14.2. The fraction of sp³-hybridized carbons (Fsp3) is 0.480. The maximum Gasteiger partial charge on any atom is 0.244 e. The summed E-state index contributed by atoms with van der Waals surface area (Å²) in [5, 5.41) is 7.32. The van der Waals surface area contributed by atoms with E-state index >= 15 is 0 Å². The quantitative estimate of drug-likeness (QED) is 0.511. The molecule has 37 heavy (non-hydrogen) atoms. The topological polar surface area (TPSA) is 125 Å². The van der Waals surface area contributed by atoms with Gasteiger partial charge < -0.3 is 20.3 Å². The summed E-state index contributed by atoms with van der Waals surface area (Å²) in [6, 6.07) is 9.78. The number of amides is 3. The van der Waals surface area contributed by atoms with Gasteiger partial charge >= 0.3 is 0 Å². The molecule has 2 aliphatic heterocycles. The van der Waals surface area contributed by atoms with Gasteiger partial charge in [0.15, 0.2) is 0 Å². The molecule has 0 radical (unpaired) electrons. The van der Waals surface area contributed by atoms with E-state index in [0.717, 1.165) is 9.69 Å². The van der Waals surface area contributed by atoms with Gasteiger partial charge in [-0.05, 0) is 41.5 Å². The van der Waals surface area contributed by atoms with Crippen LogP contribution in [0.25, 0.3) is 10.8 Å². The lowest BCUT2D eigenvalue weighted by molar-refractivity contribution is -0.148. The Morgan fingerprint density at radius 1 is 1.19 bits per heavy atom. The number of morpholine rings is 1. The Morgan fingerprint density at radius 3 is 2.51 bits per heavy atom. The first kappa shape index (κ1) is 27.3. The van der Waals surface area contributed by atoms with Crippen molar-refractivity contribution in [2.45, 2.75) is 30.7 Å². The largest absolute Gasteiger partial charge is 0.378 e. The summed E-state index contributed by atoms with van der Waals surface area (Å²) in [6.07, 6.45) is 0.117. The predicted molar refractivity (Wildman–Crippen MR) is 138 cm³/mol. The Balaban J connectivity index is 1.80. The number of benzene rings is 2. The Morgan fingerprint density at radius 2 is 1.86 bits per heavy atom. The van der Waals surface area contributed by atoms with Crippen molar-refractivity contribution in [1.82, 2.24) is 19.8 Å². The van der Waals surface area contributed by atoms with Crippen molar-refractivity contribution in [1.29, 1.82) is 0 Å². The molecule has 0 bridgehead atoms. The number of nitrogens with zero attached hydrogens (tertiary/aromatic N) is 2. The molecule has 2 aliphatic rings. The Bertz CT molecular complexity index is 1310. The molecule has 12 heteroatoms. The van der Waals surface area contributed by atoms with Gasteiger partial charge in [-0.2, -0.15) is 4.31 Å². The maximum atomic E-state index is 14.2. The molecule has 2 fully saturated rings. The van der Waals surface area contributed by atoms with E-state index in [1.807, 2.05) is 0 Å². The van der Waals surface area contributed by atoms with Gasteiger partial charge in [0.2, 0.25) is 27.7 Å². The van der Waals surface area contributed by atoms with Crippen molar-refractivity contribution in [2.24, 2.45) is 5.92 Å². The number of hydrogen-bond donors (Lipinski definition) is 2. The van der Waals surface area contributed by atoms with Crippen LogP contribution in [0.2, 0.25) is 5.02 Å². The van der Waals surface area contributed by atoms with Gasteiger partial charge in [-0.1, -0.05) is 30.7 Å². The standard InChI is InChI=1S/C25H31ClN4O6S/c1-17(23(32)29-11-13-36-14-12-29)25(7-8-28-24(25)33)30(10-9-27-18(2)31)37(34,35)22-6-4-19-15-21(26)5-3-20(19)16-22/h3-6,15-17H,7-14H2,1-2H3,(H,27,31)(H,28,33)/t17-,25+/m1/s1. The van der Waals surface area contributed by atoms with Gasteiger partial charge in [0.25, 0.3) is 0 Å². The average molecular weight is 551 g/mol. The molecular weight excluding hydrogens is 520 g/mol. The van der Waals surface area contributed by atoms with Crippen molar-refractivity contribution in [3.63, 3.8) is 0 Å². The fourth-order valence-corrected chi connectivity index (χ4v) is 7.16. The molecule has 200 valence electrons.